The summed E-state index contributed by atoms with van der Waals surface area (Å²) in [6.07, 6.45) is -5.51. The fraction of sp³-hybridized carbons (Fsp3) is 0.333. The van der Waals surface area contributed by atoms with Crippen LogP contribution in [0.3, 0.4) is 0 Å². The maximum absolute atomic E-state index is 14.0. The third-order valence-corrected chi connectivity index (χ3v) is 4.47. The van der Waals surface area contributed by atoms with Crippen LogP contribution in [0.15, 0.2) is 36.4 Å². The Hall–Kier alpha value is -2.78. The van der Waals surface area contributed by atoms with Crippen LogP contribution in [0.4, 0.5) is 36.4 Å². The molecule has 0 aromatic heterocycles. The maximum Gasteiger partial charge on any atom is 0.417 e. The van der Waals surface area contributed by atoms with E-state index >= 15 is 0 Å². The summed E-state index contributed by atoms with van der Waals surface area (Å²) >= 11 is 0. The molecule has 0 bridgehead atoms. The number of ether oxygens (including phenoxy) is 1. The molecule has 0 unspecified atom stereocenters. The Morgan fingerprint density at radius 1 is 1.23 bits per heavy atom. The van der Waals surface area contributed by atoms with E-state index in [0.29, 0.717) is 6.07 Å². The number of benzene rings is 2. The third-order valence-electron chi connectivity index (χ3n) is 4.47. The molecule has 0 spiro atoms. The van der Waals surface area contributed by atoms with Crippen molar-refractivity contribution in [1.82, 2.24) is 0 Å². The van der Waals surface area contributed by atoms with Gasteiger partial charge in [-0.3, -0.25) is 4.79 Å². The Morgan fingerprint density at radius 2 is 1.94 bits per heavy atom. The zero-order valence-corrected chi connectivity index (χ0v) is 16.1. The average Bonchev–Trinajstić information content (AvgIpc) is 2.79. The molecule has 1 aliphatic heterocycles. The smallest absolute Gasteiger partial charge is 0.417 e. The first-order valence-electron chi connectivity index (χ1n) is 9.13. The monoisotopic (exact) mass is 447 g/mol. The Balaban J connectivity index is 2.04. The van der Waals surface area contributed by atoms with Gasteiger partial charge in [0, 0.05) is 18.7 Å². The predicted molar refractivity (Wildman–Crippen MR) is 97.5 cm³/mol. The van der Waals surface area contributed by atoms with Crippen LogP contribution in [0.25, 0.3) is 0 Å². The minimum absolute atomic E-state index is 0.191. The highest BCUT2D eigenvalue weighted by atomic mass is 19.4. The van der Waals surface area contributed by atoms with Crippen LogP contribution >= 0.6 is 0 Å². The molecule has 3 nitrogen and oxygen atoms in total. The standard InChI is InChI=1S/C21H16F7NO2/c1-12(22)11-31-15-3-4-16(17(9-15)21(26,27)28)19(30)29-7-6-20(24,25)10-13-8-14(23)2-5-18(13)29/h2-5,8-9,12H,6-7,11H2,1H3/t12-/m1/s1. The molecule has 2 aromatic carbocycles. The lowest BCUT2D eigenvalue weighted by Gasteiger charge is -2.25. The summed E-state index contributed by atoms with van der Waals surface area (Å²) in [6.45, 7) is 0.0504. The molecule has 0 fully saturated rings. The van der Waals surface area contributed by atoms with E-state index in [4.69, 9.17) is 4.74 Å². The lowest BCUT2D eigenvalue weighted by Crippen LogP contribution is -2.34. The topological polar surface area (TPSA) is 29.5 Å². The zero-order chi connectivity index (χ0) is 23.0. The van der Waals surface area contributed by atoms with Crippen molar-refractivity contribution in [3.8, 4) is 5.75 Å². The zero-order valence-electron chi connectivity index (χ0n) is 16.1. The molecule has 0 saturated carbocycles. The van der Waals surface area contributed by atoms with Crippen molar-refractivity contribution in [3.63, 3.8) is 0 Å². The van der Waals surface area contributed by atoms with E-state index in [0.717, 1.165) is 42.2 Å². The summed E-state index contributed by atoms with van der Waals surface area (Å²) in [7, 11) is 0. The van der Waals surface area contributed by atoms with Crippen LogP contribution in [-0.2, 0) is 6.18 Å². The summed E-state index contributed by atoms with van der Waals surface area (Å²) < 4.78 is 100. The highest BCUT2D eigenvalue weighted by Gasteiger charge is 2.41. The summed E-state index contributed by atoms with van der Waals surface area (Å²) in [5.41, 5.74) is -2.80. The molecule has 2 radical (unpaired) electrons. The molecule has 1 amide bonds. The SMILES string of the molecule is C[C@@H](F)COc1ccc(C(=O)N2CCC(F)(F)[C]c3cc(F)ccc32)c(C(F)(F)F)c1. The van der Waals surface area contributed by atoms with Gasteiger partial charge in [0.2, 0.25) is 0 Å². The number of halogens is 7. The number of carbonyl (C=O) groups excluding carboxylic acids is 1. The molecule has 1 heterocycles. The second-order valence-corrected chi connectivity index (χ2v) is 6.99. The van der Waals surface area contributed by atoms with Gasteiger partial charge in [-0.2, -0.15) is 13.2 Å². The molecule has 0 N–H and O–H groups in total. The molecular formula is C21H16F7NO2. The number of nitrogens with zero attached hydrogens (tertiary/aromatic N) is 1. The van der Waals surface area contributed by atoms with Crippen molar-refractivity contribution in [2.75, 3.05) is 18.1 Å². The van der Waals surface area contributed by atoms with E-state index in [-0.39, 0.29) is 11.4 Å². The van der Waals surface area contributed by atoms with Gasteiger partial charge in [0.05, 0.1) is 17.5 Å². The fourth-order valence-corrected chi connectivity index (χ4v) is 3.08. The molecule has 0 saturated heterocycles. The molecule has 10 heteroatoms. The number of hydrogen-bond donors (Lipinski definition) is 0. The van der Waals surface area contributed by atoms with Gasteiger partial charge < -0.3 is 9.64 Å². The van der Waals surface area contributed by atoms with Gasteiger partial charge in [0.1, 0.15) is 24.3 Å². The van der Waals surface area contributed by atoms with Crippen molar-refractivity contribution in [3.05, 3.63) is 65.3 Å². The lowest BCUT2D eigenvalue weighted by molar-refractivity contribution is -0.138. The molecule has 1 aliphatic rings. The van der Waals surface area contributed by atoms with E-state index in [9.17, 15) is 35.5 Å². The minimum Gasteiger partial charge on any atom is -0.491 e. The van der Waals surface area contributed by atoms with Gasteiger partial charge in [-0.1, -0.05) is 0 Å². The molecule has 0 aliphatic carbocycles. The van der Waals surface area contributed by atoms with Gasteiger partial charge in [-0.05, 0) is 48.9 Å². The second kappa shape index (κ2) is 8.39. The Bertz CT molecular complexity index is 973. The van der Waals surface area contributed by atoms with Crippen molar-refractivity contribution < 1.29 is 40.3 Å². The van der Waals surface area contributed by atoms with Gasteiger partial charge in [-0.15, -0.1) is 0 Å². The highest BCUT2D eigenvalue weighted by Crippen LogP contribution is 2.39. The van der Waals surface area contributed by atoms with Crippen molar-refractivity contribution in [2.45, 2.75) is 31.6 Å². The number of anilines is 1. The molecule has 2 aromatic rings. The van der Waals surface area contributed by atoms with Gasteiger partial charge in [0.15, 0.2) is 0 Å². The first kappa shape index (κ1) is 22.9. The van der Waals surface area contributed by atoms with Crippen molar-refractivity contribution >= 4 is 11.6 Å². The van der Waals surface area contributed by atoms with Crippen molar-refractivity contribution in [2.24, 2.45) is 0 Å². The summed E-state index contributed by atoms with van der Waals surface area (Å²) in [5, 5.41) is 0. The molecule has 3 rings (SSSR count). The van der Waals surface area contributed by atoms with E-state index in [1.165, 1.54) is 0 Å². The van der Waals surface area contributed by atoms with Crippen LogP contribution in [-0.4, -0.2) is 31.2 Å². The molecular weight excluding hydrogens is 431 g/mol. The molecule has 166 valence electrons. The number of alkyl halides is 6. The number of rotatable bonds is 4. The number of amides is 1. The van der Waals surface area contributed by atoms with Crippen LogP contribution in [0, 0.1) is 12.2 Å². The van der Waals surface area contributed by atoms with Gasteiger partial charge >= 0.3 is 6.18 Å². The van der Waals surface area contributed by atoms with Crippen molar-refractivity contribution in [1.29, 1.82) is 0 Å². The number of hydrogen-bond acceptors (Lipinski definition) is 2. The Morgan fingerprint density at radius 3 is 2.58 bits per heavy atom. The average molecular weight is 447 g/mol. The van der Waals surface area contributed by atoms with E-state index < -0.39 is 66.3 Å². The fourth-order valence-electron chi connectivity index (χ4n) is 3.08. The predicted octanol–water partition coefficient (Wildman–Crippen LogP) is 5.70. The molecule has 31 heavy (non-hydrogen) atoms. The first-order chi connectivity index (χ1) is 14.4. The maximum atomic E-state index is 14.0. The van der Waals surface area contributed by atoms with Crippen LogP contribution in [0.5, 0.6) is 5.75 Å². The largest absolute Gasteiger partial charge is 0.491 e. The number of carbonyl (C=O) groups is 1. The lowest BCUT2D eigenvalue weighted by atomic mass is 10.0. The second-order valence-electron chi connectivity index (χ2n) is 6.99. The first-order valence-corrected chi connectivity index (χ1v) is 9.13. The van der Waals surface area contributed by atoms with Gasteiger partial charge in [0.25, 0.3) is 11.8 Å². The van der Waals surface area contributed by atoms with Gasteiger partial charge in [-0.25, -0.2) is 17.6 Å². The summed E-state index contributed by atoms with van der Waals surface area (Å²) in [6, 6.07) is 5.11. The van der Waals surface area contributed by atoms with Crippen LogP contribution < -0.4 is 9.64 Å². The Labute approximate surface area is 173 Å². The molecule has 1 atom stereocenters. The van der Waals surface area contributed by atoms with Crippen LogP contribution in [0.2, 0.25) is 0 Å². The normalized spacial score (nSPS) is 17.0. The number of fused-ring (bicyclic) bond motifs is 1. The quantitative estimate of drug-likeness (QED) is 0.563. The minimum atomic E-state index is -4.98. The highest BCUT2D eigenvalue weighted by molar-refractivity contribution is 6.08. The van der Waals surface area contributed by atoms with Crippen LogP contribution in [0.1, 0.15) is 34.8 Å². The summed E-state index contributed by atoms with van der Waals surface area (Å²) in [5.74, 6) is -5.88. The van der Waals surface area contributed by atoms with E-state index in [2.05, 4.69) is 0 Å². The van der Waals surface area contributed by atoms with E-state index in [1.54, 1.807) is 0 Å². The van der Waals surface area contributed by atoms with E-state index in [1.807, 2.05) is 6.42 Å². The summed E-state index contributed by atoms with van der Waals surface area (Å²) in [4.78, 5) is 13.7. The Kier molecular flexibility index (Phi) is 6.20. The third kappa shape index (κ3) is 5.29.